The van der Waals surface area contributed by atoms with Gasteiger partial charge in [-0.15, -0.1) is 0 Å². The van der Waals surface area contributed by atoms with Crippen molar-refractivity contribution in [3.63, 3.8) is 0 Å². The van der Waals surface area contributed by atoms with Crippen molar-refractivity contribution in [2.24, 2.45) is 5.73 Å². The van der Waals surface area contributed by atoms with Gasteiger partial charge in [-0.25, -0.2) is 0 Å². The van der Waals surface area contributed by atoms with Gasteiger partial charge < -0.3 is 20.2 Å². The van der Waals surface area contributed by atoms with Gasteiger partial charge >= 0.3 is 0 Å². The summed E-state index contributed by atoms with van der Waals surface area (Å²) in [6, 6.07) is 3.52. The summed E-state index contributed by atoms with van der Waals surface area (Å²) in [5, 5.41) is 2.97. The minimum atomic E-state index is -0.175. The first-order valence-electron chi connectivity index (χ1n) is 6.01. The molecule has 0 aromatic carbocycles. The predicted octanol–water partition coefficient (Wildman–Crippen LogP) is 0.788. The number of amides is 1. The molecule has 1 aromatic heterocycles. The largest absolute Gasteiger partial charge is 0.455 e. The van der Waals surface area contributed by atoms with Crippen LogP contribution >= 0.6 is 0 Å². The number of carbonyl (C=O) groups is 1. The molecule has 2 bridgehead atoms. The summed E-state index contributed by atoms with van der Waals surface area (Å²) in [6.07, 6.45) is 3.60. The summed E-state index contributed by atoms with van der Waals surface area (Å²) >= 11 is 0. The number of rotatable bonds is 3. The Balaban J connectivity index is 1.63. The molecule has 1 aromatic rings. The molecule has 92 valence electrons. The Bertz CT molecular complexity index is 429. The first-order valence-corrected chi connectivity index (χ1v) is 6.01. The highest BCUT2D eigenvalue weighted by Gasteiger charge is 2.41. The van der Waals surface area contributed by atoms with E-state index >= 15 is 0 Å². The van der Waals surface area contributed by atoms with E-state index in [4.69, 9.17) is 14.9 Å². The highest BCUT2D eigenvalue weighted by molar-refractivity contribution is 5.91. The molecule has 3 heterocycles. The lowest BCUT2D eigenvalue weighted by atomic mass is 9.95. The first kappa shape index (κ1) is 10.8. The van der Waals surface area contributed by atoms with Crippen LogP contribution in [0.3, 0.4) is 0 Å². The number of hydrogen-bond acceptors (Lipinski definition) is 4. The van der Waals surface area contributed by atoms with Crippen LogP contribution < -0.4 is 11.1 Å². The zero-order valence-electron chi connectivity index (χ0n) is 9.52. The lowest BCUT2D eigenvalue weighted by molar-refractivity contribution is 0.0820. The summed E-state index contributed by atoms with van der Waals surface area (Å²) in [6.45, 7) is 0.310. The summed E-state index contributed by atoms with van der Waals surface area (Å²) in [5.74, 6) is 0.776. The van der Waals surface area contributed by atoms with Crippen LogP contribution in [0.4, 0.5) is 0 Å². The number of ether oxygens (including phenoxy) is 1. The fraction of sp³-hybridized carbons (Fsp3) is 0.583. The second-order valence-corrected chi connectivity index (χ2v) is 4.66. The number of nitrogens with one attached hydrogen (secondary N) is 1. The molecule has 5 nitrogen and oxygen atoms in total. The predicted molar refractivity (Wildman–Crippen MR) is 60.4 cm³/mol. The second-order valence-electron chi connectivity index (χ2n) is 4.66. The molecule has 3 unspecified atom stereocenters. The zero-order valence-corrected chi connectivity index (χ0v) is 9.52. The summed E-state index contributed by atoms with van der Waals surface area (Å²) in [5.41, 5.74) is 5.43. The van der Waals surface area contributed by atoms with Crippen molar-refractivity contribution in [1.82, 2.24) is 5.32 Å². The molecular formula is C12H16N2O3. The second kappa shape index (κ2) is 4.16. The Morgan fingerprint density at radius 3 is 2.94 bits per heavy atom. The van der Waals surface area contributed by atoms with Crippen molar-refractivity contribution >= 4 is 5.91 Å². The molecular weight excluding hydrogens is 220 g/mol. The monoisotopic (exact) mass is 236 g/mol. The summed E-state index contributed by atoms with van der Waals surface area (Å²) in [7, 11) is 0. The highest BCUT2D eigenvalue weighted by atomic mass is 16.5. The van der Waals surface area contributed by atoms with Crippen LogP contribution in [0.25, 0.3) is 0 Å². The van der Waals surface area contributed by atoms with E-state index in [1.54, 1.807) is 12.1 Å². The van der Waals surface area contributed by atoms with E-state index < -0.39 is 0 Å². The van der Waals surface area contributed by atoms with E-state index in [2.05, 4.69) is 5.32 Å². The lowest BCUT2D eigenvalue weighted by Gasteiger charge is -2.19. The number of fused-ring (bicyclic) bond motifs is 2. The normalized spacial score (nSPS) is 30.8. The van der Waals surface area contributed by atoms with Gasteiger partial charge in [-0.1, -0.05) is 0 Å². The van der Waals surface area contributed by atoms with Gasteiger partial charge in [-0.3, -0.25) is 4.79 Å². The maximum Gasteiger partial charge on any atom is 0.287 e. The minimum absolute atomic E-state index is 0.132. The van der Waals surface area contributed by atoms with Crippen LogP contribution in [0, 0.1) is 0 Å². The third-order valence-electron chi connectivity index (χ3n) is 3.51. The van der Waals surface area contributed by atoms with Gasteiger partial charge in [-0.05, 0) is 31.4 Å². The molecule has 0 radical (unpaired) electrons. The first-order chi connectivity index (χ1) is 8.26. The summed E-state index contributed by atoms with van der Waals surface area (Å²) < 4.78 is 11.0. The Kier molecular flexibility index (Phi) is 2.64. The van der Waals surface area contributed by atoms with E-state index in [1.807, 2.05) is 0 Å². The molecule has 0 spiro atoms. The molecule has 3 N–H and O–H groups in total. The van der Waals surface area contributed by atoms with Gasteiger partial charge in [0.1, 0.15) is 5.76 Å². The third kappa shape index (κ3) is 1.96. The van der Waals surface area contributed by atoms with E-state index in [0.29, 0.717) is 24.2 Å². The van der Waals surface area contributed by atoms with Gasteiger partial charge in [0.2, 0.25) is 0 Å². The Morgan fingerprint density at radius 2 is 2.35 bits per heavy atom. The van der Waals surface area contributed by atoms with E-state index in [0.717, 1.165) is 19.3 Å². The lowest BCUT2D eigenvalue weighted by Crippen LogP contribution is -2.41. The van der Waals surface area contributed by atoms with Crippen molar-refractivity contribution in [3.8, 4) is 0 Å². The van der Waals surface area contributed by atoms with Crippen LogP contribution in [0.1, 0.15) is 35.6 Å². The molecule has 3 rings (SSSR count). The van der Waals surface area contributed by atoms with Crippen molar-refractivity contribution in [3.05, 3.63) is 23.7 Å². The van der Waals surface area contributed by atoms with Gasteiger partial charge in [0.15, 0.2) is 5.76 Å². The fourth-order valence-corrected chi connectivity index (χ4v) is 2.64. The van der Waals surface area contributed by atoms with Gasteiger partial charge in [0.25, 0.3) is 5.91 Å². The molecule has 5 heteroatoms. The standard InChI is InChI=1S/C12H16N2O3/c13-6-8-2-4-11(17-8)12(15)14-9-5-7-1-3-10(9)16-7/h2,4,7,9-10H,1,3,5-6,13H2,(H,14,15). The minimum Gasteiger partial charge on any atom is -0.455 e. The van der Waals surface area contributed by atoms with Crippen LogP contribution in [0.2, 0.25) is 0 Å². The Labute approximate surface area is 99.3 Å². The topological polar surface area (TPSA) is 77.5 Å². The van der Waals surface area contributed by atoms with Crippen LogP contribution in [-0.4, -0.2) is 24.2 Å². The van der Waals surface area contributed by atoms with Crippen LogP contribution in [0.5, 0.6) is 0 Å². The summed E-state index contributed by atoms with van der Waals surface area (Å²) in [4.78, 5) is 11.9. The number of carbonyl (C=O) groups excluding carboxylic acids is 1. The molecule has 0 saturated carbocycles. The molecule has 3 atom stereocenters. The van der Waals surface area contributed by atoms with Gasteiger partial charge in [0, 0.05) is 0 Å². The van der Waals surface area contributed by atoms with Crippen molar-refractivity contribution < 1.29 is 13.9 Å². The van der Waals surface area contributed by atoms with E-state index in [9.17, 15) is 4.79 Å². The quantitative estimate of drug-likeness (QED) is 0.813. The maximum atomic E-state index is 11.9. The Morgan fingerprint density at radius 1 is 1.47 bits per heavy atom. The van der Waals surface area contributed by atoms with Gasteiger partial charge in [-0.2, -0.15) is 0 Å². The number of furan rings is 1. The van der Waals surface area contributed by atoms with E-state index in [-0.39, 0.29) is 18.1 Å². The van der Waals surface area contributed by atoms with Crippen LogP contribution in [-0.2, 0) is 11.3 Å². The highest BCUT2D eigenvalue weighted by Crippen LogP contribution is 2.34. The third-order valence-corrected chi connectivity index (χ3v) is 3.51. The molecule has 2 aliphatic rings. The molecule has 2 fully saturated rings. The van der Waals surface area contributed by atoms with Crippen molar-refractivity contribution in [2.45, 2.75) is 44.1 Å². The van der Waals surface area contributed by atoms with Gasteiger partial charge in [0.05, 0.1) is 24.8 Å². The van der Waals surface area contributed by atoms with Crippen molar-refractivity contribution in [2.75, 3.05) is 0 Å². The molecule has 2 saturated heterocycles. The fourth-order valence-electron chi connectivity index (χ4n) is 2.64. The average Bonchev–Trinajstić information content (AvgIpc) is 3.04. The average molecular weight is 236 g/mol. The molecule has 1 amide bonds. The zero-order chi connectivity index (χ0) is 11.8. The molecule has 2 aliphatic heterocycles. The Hall–Kier alpha value is -1.33. The molecule has 0 aliphatic carbocycles. The van der Waals surface area contributed by atoms with Crippen molar-refractivity contribution in [1.29, 1.82) is 0 Å². The van der Waals surface area contributed by atoms with Crippen LogP contribution in [0.15, 0.2) is 16.5 Å². The number of hydrogen-bond donors (Lipinski definition) is 2. The smallest absolute Gasteiger partial charge is 0.287 e. The maximum absolute atomic E-state index is 11.9. The number of nitrogens with two attached hydrogens (primary N) is 1. The molecule has 17 heavy (non-hydrogen) atoms. The SMILES string of the molecule is NCc1ccc(C(=O)NC2CC3CCC2O3)o1. The van der Waals surface area contributed by atoms with E-state index in [1.165, 1.54) is 0 Å².